The summed E-state index contributed by atoms with van der Waals surface area (Å²) in [5, 5.41) is 6.00. The zero-order valence-electron chi connectivity index (χ0n) is 15.3. The highest BCUT2D eigenvalue weighted by molar-refractivity contribution is 6.33. The molecule has 0 unspecified atom stereocenters. The second-order valence-corrected chi connectivity index (χ2v) is 6.55. The first-order valence-corrected chi connectivity index (χ1v) is 8.98. The Morgan fingerprint density at radius 3 is 2.57 bits per heavy atom. The summed E-state index contributed by atoms with van der Waals surface area (Å²) in [6.45, 7) is 0.139. The van der Waals surface area contributed by atoms with Crippen molar-refractivity contribution in [3.63, 3.8) is 0 Å². The number of rotatable bonds is 6. The van der Waals surface area contributed by atoms with Crippen LogP contribution in [0.4, 0.5) is 18.9 Å². The quantitative estimate of drug-likeness (QED) is 0.524. The fourth-order valence-electron chi connectivity index (χ4n) is 2.47. The van der Waals surface area contributed by atoms with Crippen molar-refractivity contribution < 1.29 is 32.2 Å². The van der Waals surface area contributed by atoms with Crippen molar-refractivity contribution in [3.05, 3.63) is 52.5 Å². The number of hydrogen-bond donors (Lipinski definition) is 2. The zero-order valence-corrected chi connectivity index (χ0v) is 16.0. The van der Waals surface area contributed by atoms with E-state index in [-0.39, 0.29) is 30.3 Å². The SMILES string of the molecule is O=C(CCC(=O)Nc1cc(C(F)(F)F)ccc1Cl)N/N=C/c1ccc2c(c1)OCO2. The molecule has 2 N–H and O–H groups in total. The largest absolute Gasteiger partial charge is 0.454 e. The molecule has 2 aromatic carbocycles. The second kappa shape index (κ2) is 9.04. The summed E-state index contributed by atoms with van der Waals surface area (Å²) in [4.78, 5) is 23.7. The molecule has 0 aromatic heterocycles. The standard InChI is InChI=1S/C19H15ClF3N3O4/c20-13-3-2-12(19(21,22)23)8-14(13)25-17(27)5-6-18(28)26-24-9-11-1-4-15-16(7-11)30-10-29-15/h1-4,7-9H,5-6,10H2,(H,25,27)(H,26,28)/b24-9+. The number of carbonyl (C=O) groups is 2. The normalized spacial score (nSPS) is 12.8. The van der Waals surface area contributed by atoms with Gasteiger partial charge in [0.25, 0.3) is 0 Å². The molecule has 2 aromatic rings. The lowest BCUT2D eigenvalue weighted by Gasteiger charge is -2.11. The highest BCUT2D eigenvalue weighted by Crippen LogP contribution is 2.34. The van der Waals surface area contributed by atoms with Crippen LogP contribution in [0.2, 0.25) is 5.02 Å². The number of ether oxygens (including phenoxy) is 2. The summed E-state index contributed by atoms with van der Waals surface area (Å²) in [5.41, 5.74) is 1.80. The minimum Gasteiger partial charge on any atom is -0.454 e. The Morgan fingerprint density at radius 2 is 1.80 bits per heavy atom. The van der Waals surface area contributed by atoms with E-state index >= 15 is 0 Å². The lowest BCUT2D eigenvalue weighted by atomic mass is 10.2. The van der Waals surface area contributed by atoms with E-state index < -0.39 is 23.6 Å². The van der Waals surface area contributed by atoms with Crippen LogP contribution in [-0.2, 0) is 15.8 Å². The van der Waals surface area contributed by atoms with Crippen LogP contribution in [0.3, 0.4) is 0 Å². The van der Waals surface area contributed by atoms with Gasteiger partial charge in [-0.1, -0.05) is 11.6 Å². The van der Waals surface area contributed by atoms with Crippen LogP contribution in [0, 0.1) is 0 Å². The van der Waals surface area contributed by atoms with Crippen LogP contribution in [0.1, 0.15) is 24.0 Å². The van der Waals surface area contributed by atoms with Crippen molar-refractivity contribution in [1.82, 2.24) is 5.43 Å². The molecular weight excluding hydrogens is 427 g/mol. The lowest BCUT2D eigenvalue weighted by molar-refractivity contribution is -0.137. The van der Waals surface area contributed by atoms with Gasteiger partial charge in [-0.3, -0.25) is 9.59 Å². The number of hydrogen-bond acceptors (Lipinski definition) is 5. The number of nitrogens with zero attached hydrogens (tertiary/aromatic N) is 1. The molecule has 0 saturated carbocycles. The van der Waals surface area contributed by atoms with Gasteiger partial charge in [0.1, 0.15) is 0 Å². The topological polar surface area (TPSA) is 89.0 Å². The van der Waals surface area contributed by atoms with Crippen LogP contribution in [0.25, 0.3) is 0 Å². The number of amides is 2. The molecule has 2 amide bonds. The second-order valence-electron chi connectivity index (χ2n) is 6.15. The summed E-state index contributed by atoms with van der Waals surface area (Å²) < 4.78 is 48.7. The fourth-order valence-corrected chi connectivity index (χ4v) is 2.63. The van der Waals surface area contributed by atoms with E-state index in [0.29, 0.717) is 17.1 Å². The summed E-state index contributed by atoms with van der Waals surface area (Å²) in [6.07, 6.45) is -3.67. The number of anilines is 1. The van der Waals surface area contributed by atoms with E-state index in [1.54, 1.807) is 18.2 Å². The van der Waals surface area contributed by atoms with Crippen LogP contribution in [0.15, 0.2) is 41.5 Å². The molecule has 0 atom stereocenters. The van der Waals surface area contributed by atoms with Crippen LogP contribution < -0.4 is 20.2 Å². The molecule has 0 fully saturated rings. The molecule has 1 aliphatic heterocycles. The van der Waals surface area contributed by atoms with Gasteiger partial charge in [0.05, 0.1) is 22.5 Å². The predicted molar refractivity (Wildman–Crippen MR) is 103 cm³/mol. The maximum Gasteiger partial charge on any atom is 0.416 e. The Morgan fingerprint density at radius 1 is 1.07 bits per heavy atom. The third-order valence-corrected chi connectivity index (χ3v) is 4.28. The van der Waals surface area contributed by atoms with Gasteiger partial charge >= 0.3 is 6.18 Å². The van der Waals surface area contributed by atoms with Crippen molar-refractivity contribution in [2.24, 2.45) is 5.10 Å². The van der Waals surface area contributed by atoms with E-state index in [9.17, 15) is 22.8 Å². The molecule has 1 heterocycles. The molecule has 11 heteroatoms. The Bertz CT molecular complexity index is 995. The van der Waals surface area contributed by atoms with Crippen molar-refractivity contribution >= 4 is 35.3 Å². The molecule has 30 heavy (non-hydrogen) atoms. The van der Waals surface area contributed by atoms with Crippen LogP contribution in [-0.4, -0.2) is 24.8 Å². The van der Waals surface area contributed by atoms with E-state index in [2.05, 4.69) is 15.8 Å². The minimum absolute atomic E-state index is 0.0471. The van der Waals surface area contributed by atoms with Gasteiger partial charge in [-0.05, 0) is 42.0 Å². The van der Waals surface area contributed by atoms with Crippen molar-refractivity contribution in [3.8, 4) is 11.5 Å². The van der Waals surface area contributed by atoms with Crippen molar-refractivity contribution in [2.75, 3.05) is 12.1 Å². The van der Waals surface area contributed by atoms with Crippen molar-refractivity contribution in [2.45, 2.75) is 19.0 Å². The molecule has 0 spiro atoms. The van der Waals surface area contributed by atoms with Gasteiger partial charge in [0, 0.05) is 12.8 Å². The highest BCUT2D eigenvalue weighted by Gasteiger charge is 2.31. The molecule has 7 nitrogen and oxygen atoms in total. The number of nitrogens with one attached hydrogen (secondary N) is 2. The van der Waals surface area contributed by atoms with E-state index in [0.717, 1.165) is 18.2 Å². The Kier molecular flexibility index (Phi) is 6.46. The Balaban J connectivity index is 1.47. The van der Waals surface area contributed by atoms with Gasteiger partial charge in [-0.15, -0.1) is 0 Å². The van der Waals surface area contributed by atoms with Crippen LogP contribution in [0.5, 0.6) is 11.5 Å². The third-order valence-electron chi connectivity index (χ3n) is 3.95. The molecule has 1 aliphatic rings. The summed E-state index contributed by atoms with van der Waals surface area (Å²) >= 11 is 5.82. The first-order chi connectivity index (χ1) is 14.2. The number of hydrazone groups is 1. The van der Waals surface area contributed by atoms with Gasteiger partial charge < -0.3 is 14.8 Å². The minimum atomic E-state index is -4.57. The van der Waals surface area contributed by atoms with Gasteiger partial charge in [0.15, 0.2) is 11.5 Å². The first-order valence-electron chi connectivity index (χ1n) is 8.60. The fraction of sp³-hybridized carbons (Fsp3) is 0.211. The maximum atomic E-state index is 12.8. The number of carbonyl (C=O) groups excluding carboxylic acids is 2. The molecule has 0 saturated heterocycles. The molecule has 0 radical (unpaired) electrons. The summed E-state index contributed by atoms with van der Waals surface area (Å²) in [7, 11) is 0. The maximum absolute atomic E-state index is 12.8. The summed E-state index contributed by atoms with van der Waals surface area (Å²) in [6, 6.07) is 7.69. The van der Waals surface area contributed by atoms with E-state index in [1.165, 1.54) is 6.21 Å². The average molecular weight is 442 g/mol. The van der Waals surface area contributed by atoms with Gasteiger partial charge in [-0.2, -0.15) is 18.3 Å². The molecule has 0 bridgehead atoms. The molecule has 0 aliphatic carbocycles. The van der Waals surface area contributed by atoms with E-state index in [4.69, 9.17) is 21.1 Å². The Hall–Kier alpha value is -3.27. The number of fused-ring (bicyclic) bond motifs is 1. The van der Waals surface area contributed by atoms with Gasteiger partial charge in [-0.25, -0.2) is 5.43 Å². The smallest absolute Gasteiger partial charge is 0.416 e. The average Bonchev–Trinajstić information content (AvgIpc) is 3.15. The molecule has 3 rings (SSSR count). The van der Waals surface area contributed by atoms with Crippen LogP contribution >= 0.6 is 11.6 Å². The molecule has 158 valence electrons. The number of alkyl halides is 3. The monoisotopic (exact) mass is 441 g/mol. The number of benzene rings is 2. The van der Waals surface area contributed by atoms with Gasteiger partial charge in [0.2, 0.25) is 18.6 Å². The first kappa shape index (κ1) is 21.4. The predicted octanol–water partition coefficient (Wildman–Crippen LogP) is 3.96. The Labute approximate surface area is 173 Å². The zero-order chi connectivity index (χ0) is 21.7. The number of halogens is 4. The summed E-state index contributed by atoms with van der Waals surface area (Å²) in [5.74, 6) is -0.0262. The highest BCUT2D eigenvalue weighted by atomic mass is 35.5. The lowest BCUT2D eigenvalue weighted by Crippen LogP contribution is -2.21. The van der Waals surface area contributed by atoms with Crippen molar-refractivity contribution in [1.29, 1.82) is 0 Å². The molecular formula is C19H15ClF3N3O4. The van der Waals surface area contributed by atoms with E-state index in [1.807, 2.05) is 0 Å². The third kappa shape index (κ3) is 5.63.